The molecule has 35 heavy (non-hydrogen) atoms. The number of hydrogen-bond donors (Lipinski definition) is 1. The highest BCUT2D eigenvalue weighted by molar-refractivity contribution is 5.95. The zero-order valence-corrected chi connectivity index (χ0v) is 19.3. The maximum Gasteiger partial charge on any atom is 0.270 e. The van der Waals surface area contributed by atoms with E-state index in [0.717, 1.165) is 27.9 Å². The summed E-state index contributed by atoms with van der Waals surface area (Å²) in [6.45, 7) is 2.18. The fourth-order valence-electron chi connectivity index (χ4n) is 4.11. The van der Waals surface area contributed by atoms with Crippen molar-refractivity contribution in [3.63, 3.8) is 0 Å². The molecule has 5 aromatic rings. The molecule has 6 nitrogen and oxygen atoms in total. The van der Waals surface area contributed by atoms with Crippen molar-refractivity contribution >= 4 is 11.6 Å². The van der Waals surface area contributed by atoms with Crippen LogP contribution in [0.2, 0.25) is 0 Å². The predicted octanol–water partition coefficient (Wildman–Crippen LogP) is 5.45. The molecule has 2 heterocycles. The van der Waals surface area contributed by atoms with Gasteiger partial charge in [-0.1, -0.05) is 54.6 Å². The Morgan fingerprint density at radius 1 is 1.00 bits per heavy atom. The maximum absolute atomic E-state index is 13.2. The van der Waals surface area contributed by atoms with Gasteiger partial charge in [0.2, 0.25) is 0 Å². The average Bonchev–Trinajstić information content (AvgIpc) is 3.23. The van der Waals surface area contributed by atoms with Crippen molar-refractivity contribution in [2.24, 2.45) is 0 Å². The van der Waals surface area contributed by atoms with E-state index < -0.39 is 0 Å². The fraction of sp³-hybridized carbons (Fsp3) is 0.107. The number of aryl methyl sites for hydroxylation is 1. The Morgan fingerprint density at radius 2 is 1.71 bits per heavy atom. The fourth-order valence-corrected chi connectivity index (χ4v) is 4.11. The number of rotatable bonds is 6. The SMILES string of the molecule is COc1ccccc1-c1cc(C(=O)NCc2ccc(F)cc2)nc2c(-c3ccccc3)c(C)nn12. The number of halogens is 1. The van der Waals surface area contributed by atoms with E-state index in [1.165, 1.54) is 12.1 Å². The summed E-state index contributed by atoms with van der Waals surface area (Å²) < 4.78 is 20.6. The summed E-state index contributed by atoms with van der Waals surface area (Å²) in [6, 6.07) is 25.2. The van der Waals surface area contributed by atoms with Crippen LogP contribution in [0.1, 0.15) is 21.7 Å². The largest absolute Gasteiger partial charge is 0.496 e. The highest BCUT2D eigenvalue weighted by Crippen LogP contribution is 2.34. The van der Waals surface area contributed by atoms with E-state index in [0.29, 0.717) is 17.1 Å². The van der Waals surface area contributed by atoms with E-state index >= 15 is 0 Å². The third kappa shape index (κ3) is 4.36. The first-order chi connectivity index (χ1) is 17.0. The van der Waals surface area contributed by atoms with Crippen molar-refractivity contribution in [2.45, 2.75) is 13.5 Å². The second kappa shape index (κ2) is 9.38. The number of ether oxygens (including phenoxy) is 1. The zero-order valence-electron chi connectivity index (χ0n) is 19.3. The number of fused-ring (bicyclic) bond motifs is 1. The quantitative estimate of drug-likeness (QED) is 0.361. The molecule has 0 fully saturated rings. The normalized spacial score (nSPS) is 10.9. The van der Waals surface area contributed by atoms with Crippen LogP contribution in [0.25, 0.3) is 28.0 Å². The number of aromatic nitrogens is 3. The van der Waals surface area contributed by atoms with Crippen LogP contribution in [0.5, 0.6) is 5.75 Å². The minimum atomic E-state index is -0.342. The van der Waals surface area contributed by atoms with Gasteiger partial charge in [0.05, 0.1) is 18.5 Å². The topological polar surface area (TPSA) is 68.5 Å². The lowest BCUT2D eigenvalue weighted by Crippen LogP contribution is -2.24. The number of amides is 1. The van der Waals surface area contributed by atoms with Gasteiger partial charge < -0.3 is 10.1 Å². The standard InChI is InChI=1S/C28H23FN4O2/c1-18-26(20-8-4-3-5-9-20)27-31-23(28(34)30-17-19-12-14-21(29)15-13-19)16-24(33(27)32-18)22-10-6-7-11-25(22)35-2/h3-16H,17H2,1-2H3,(H,30,34). The molecule has 0 aliphatic rings. The van der Waals surface area contributed by atoms with Gasteiger partial charge in [-0.2, -0.15) is 5.10 Å². The number of methoxy groups -OCH3 is 1. The van der Waals surface area contributed by atoms with Crippen molar-refractivity contribution in [3.8, 4) is 28.1 Å². The smallest absolute Gasteiger partial charge is 0.270 e. The molecule has 7 heteroatoms. The summed E-state index contributed by atoms with van der Waals surface area (Å²) in [4.78, 5) is 17.9. The van der Waals surface area contributed by atoms with Crippen molar-refractivity contribution in [1.82, 2.24) is 19.9 Å². The Morgan fingerprint density at radius 3 is 2.46 bits per heavy atom. The van der Waals surface area contributed by atoms with Gasteiger partial charge in [0.15, 0.2) is 5.65 Å². The van der Waals surface area contributed by atoms with Crippen LogP contribution in [0.3, 0.4) is 0 Å². The van der Waals surface area contributed by atoms with Crippen LogP contribution < -0.4 is 10.1 Å². The van der Waals surface area contributed by atoms with E-state index in [9.17, 15) is 9.18 Å². The first kappa shape index (κ1) is 22.3. The van der Waals surface area contributed by atoms with Crippen LogP contribution in [0.4, 0.5) is 4.39 Å². The number of carbonyl (C=O) groups excluding carboxylic acids is 1. The maximum atomic E-state index is 13.2. The van der Waals surface area contributed by atoms with Crippen molar-refractivity contribution in [3.05, 3.63) is 108 Å². The first-order valence-electron chi connectivity index (χ1n) is 11.2. The van der Waals surface area contributed by atoms with Crippen LogP contribution in [-0.2, 0) is 6.54 Å². The predicted molar refractivity (Wildman–Crippen MR) is 133 cm³/mol. The van der Waals surface area contributed by atoms with Crippen molar-refractivity contribution < 1.29 is 13.9 Å². The molecule has 2 aromatic heterocycles. The molecule has 0 atom stereocenters. The van der Waals surface area contributed by atoms with Crippen molar-refractivity contribution in [1.29, 1.82) is 0 Å². The minimum absolute atomic E-state index is 0.248. The van der Waals surface area contributed by atoms with Gasteiger partial charge >= 0.3 is 0 Å². The summed E-state index contributed by atoms with van der Waals surface area (Å²) in [6.07, 6.45) is 0. The first-order valence-corrected chi connectivity index (χ1v) is 11.2. The number of para-hydroxylation sites is 1. The third-order valence-corrected chi connectivity index (χ3v) is 5.81. The van der Waals surface area contributed by atoms with Crippen molar-refractivity contribution in [2.75, 3.05) is 7.11 Å². The summed E-state index contributed by atoms with van der Waals surface area (Å²) in [5, 5.41) is 7.66. The molecule has 0 saturated carbocycles. The number of benzene rings is 3. The Labute approximate surface area is 202 Å². The number of carbonyl (C=O) groups is 1. The Hall–Kier alpha value is -4.52. The molecule has 1 amide bonds. The van der Waals surface area contributed by atoms with Gasteiger partial charge in [0.25, 0.3) is 5.91 Å². The Balaban J connectivity index is 1.65. The lowest BCUT2D eigenvalue weighted by molar-refractivity contribution is 0.0946. The molecule has 1 N–H and O–H groups in total. The highest BCUT2D eigenvalue weighted by atomic mass is 19.1. The third-order valence-electron chi connectivity index (χ3n) is 5.81. The number of nitrogens with zero attached hydrogens (tertiary/aromatic N) is 3. The molecule has 0 aliphatic heterocycles. The second-order valence-electron chi connectivity index (χ2n) is 8.10. The molecule has 0 saturated heterocycles. The molecule has 3 aromatic carbocycles. The zero-order chi connectivity index (χ0) is 24.4. The molecular formula is C28H23FN4O2. The molecule has 0 unspecified atom stereocenters. The second-order valence-corrected chi connectivity index (χ2v) is 8.10. The summed E-state index contributed by atoms with van der Waals surface area (Å²) in [5.41, 5.74) is 5.69. The van der Waals surface area contributed by atoms with Gasteiger partial charge in [-0.25, -0.2) is 13.9 Å². The van der Waals surface area contributed by atoms with Crippen LogP contribution in [0, 0.1) is 12.7 Å². The van der Waals surface area contributed by atoms with Gasteiger partial charge in [0.1, 0.15) is 17.3 Å². The van der Waals surface area contributed by atoms with Crippen LogP contribution in [-0.4, -0.2) is 27.6 Å². The van der Waals surface area contributed by atoms with Gasteiger partial charge in [0, 0.05) is 17.7 Å². The Bertz CT molecular complexity index is 1510. The molecule has 0 radical (unpaired) electrons. The van der Waals surface area contributed by atoms with Gasteiger partial charge in [-0.3, -0.25) is 4.79 Å². The highest BCUT2D eigenvalue weighted by Gasteiger charge is 2.21. The van der Waals surface area contributed by atoms with E-state index in [1.807, 2.05) is 61.5 Å². The van der Waals surface area contributed by atoms with E-state index in [-0.39, 0.29) is 24.0 Å². The van der Waals surface area contributed by atoms with E-state index in [1.54, 1.807) is 29.8 Å². The molecule has 174 valence electrons. The van der Waals surface area contributed by atoms with E-state index in [4.69, 9.17) is 14.8 Å². The summed E-state index contributed by atoms with van der Waals surface area (Å²) >= 11 is 0. The minimum Gasteiger partial charge on any atom is -0.496 e. The number of hydrogen-bond acceptors (Lipinski definition) is 4. The summed E-state index contributed by atoms with van der Waals surface area (Å²) in [5.74, 6) is -0.00360. The van der Waals surface area contributed by atoms with E-state index in [2.05, 4.69) is 5.32 Å². The monoisotopic (exact) mass is 466 g/mol. The van der Waals surface area contributed by atoms with Gasteiger partial charge in [-0.15, -0.1) is 0 Å². The molecule has 0 bridgehead atoms. The molecule has 0 spiro atoms. The lowest BCUT2D eigenvalue weighted by Gasteiger charge is -2.12. The molecule has 0 aliphatic carbocycles. The van der Waals surface area contributed by atoms with Crippen LogP contribution >= 0.6 is 0 Å². The lowest BCUT2D eigenvalue weighted by atomic mass is 10.1. The average molecular weight is 467 g/mol. The number of nitrogens with one attached hydrogen (secondary N) is 1. The molecule has 5 rings (SSSR count). The summed E-state index contributed by atoms with van der Waals surface area (Å²) in [7, 11) is 1.61. The van der Waals surface area contributed by atoms with Gasteiger partial charge in [-0.05, 0) is 48.4 Å². The Kier molecular flexibility index (Phi) is 5.97. The molecular weight excluding hydrogens is 443 g/mol. The van der Waals surface area contributed by atoms with Crippen LogP contribution in [0.15, 0.2) is 84.9 Å².